The van der Waals surface area contributed by atoms with Crippen LogP contribution in [0, 0.1) is 0 Å². The van der Waals surface area contributed by atoms with Gasteiger partial charge in [0.25, 0.3) is 0 Å². The largest absolute Gasteiger partial charge is 0.236 e. The quantitative estimate of drug-likeness (QED) is 0.570. The molecule has 6 nitrogen and oxygen atoms in total. The van der Waals surface area contributed by atoms with Gasteiger partial charge in [0.1, 0.15) is 5.52 Å². The van der Waals surface area contributed by atoms with Crippen LogP contribution in [0.2, 0.25) is 5.02 Å². The SMILES string of the molecule is Clc1cccnc1-n1ccc(-n2nnc3ccccc32)n1. The molecule has 0 aliphatic carbocycles. The molecule has 0 fully saturated rings. The molecule has 0 bridgehead atoms. The Balaban J connectivity index is 1.83. The van der Waals surface area contributed by atoms with Gasteiger partial charge in [-0.25, -0.2) is 9.67 Å². The van der Waals surface area contributed by atoms with Gasteiger partial charge in [-0.1, -0.05) is 28.9 Å². The Hall–Kier alpha value is -2.73. The van der Waals surface area contributed by atoms with Crippen molar-refractivity contribution >= 4 is 22.6 Å². The van der Waals surface area contributed by atoms with Crippen LogP contribution in [-0.2, 0) is 0 Å². The van der Waals surface area contributed by atoms with E-state index in [1.54, 1.807) is 33.9 Å². The van der Waals surface area contributed by atoms with E-state index in [2.05, 4.69) is 20.4 Å². The predicted molar refractivity (Wildman–Crippen MR) is 78.8 cm³/mol. The van der Waals surface area contributed by atoms with Crippen molar-refractivity contribution in [1.82, 2.24) is 29.8 Å². The predicted octanol–water partition coefficient (Wildman–Crippen LogP) is 2.65. The molecule has 0 spiro atoms. The molecule has 0 saturated heterocycles. The average Bonchev–Trinajstić information content (AvgIpc) is 3.14. The Morgan fingerprint density at radius 3 is 2.81 bits per heavy atom. The molecule has 0 amide bonds. The molecular weight excluding hydrogens is 288 g/mol. The number of rotatable bonds is 2. The van der Waals surface area contributed by atoms with Crippen LogP contribution < -0.4 is 0 Å². The summed E-state index contributed by atoms with van der Waals surface area (Å²) in [5.41, 5.74) is 1.72. The summed E-state index contributed by atoms with van der Waals surface area (Å²) in [6.45, 7) is 0. The number of pyridine rings is 1. The molecule has 1 aromatic carbocycles. The standard InChI is InChI=1S/C14H9ClN6/c15-10-4-3-8-16-14(10)20-9-7-13(18-20)21-12-6-2-1-5-11(12)17-19-21/h1-9H. The number of aromatic nitrogens is 6. The van der Waals surface area contributed by atoms with Gasteiger partial charge in [0.2, 0.25) is 0 Å². The first-order valence-electron chi connectivity index (χ1n) is 6.30. The maximum Gasteiger partial charge on any atom is 0.177 e. The zero-order valence-corrected chi connectivity index (χ0v) is 11.5. The van der Waals surface area contributed by atoms with Crippen LogP contribution in [0.3, 0.4) is 0 Å². The number of nitrogens with zero attached hydrogens (tertiary/aromatic N) is 6. The fraction of sp³-hybridized carbons (Fsp3) is 0. The van der Waals surface area contributed by atoms with Gasteiger partial charge in [0.15, 0.2) is 11.6 Å². The summed E-state index contributed by atoms with van der Waals surface area (Å²) >= 11 is 6.13. The lowest BCUT2D eigenvalue weighted by molar-refractivity contribution is 0.762. The molecule has 102 valence electrons. The van der Waals surface area contributed by atoms with Crippen LogP contribution in [0.25, 0.3) is 22.7 Å². The molecule has 0 aliphatic heterocycles. The third-order valence-corrected chi connectivity index (χ3v) is 3.39. The number of fused-ring (bicyclic) bond motifs is 1. The van der Waals surface area contributed by atoms with Gasteiger partial charge in [-0.2, -0.15) is 4.68 Å². The number of hydrogen-bond acceptors (Lipinski definition) is 4. The third kappa shape index (κ3) is 1.96. The maximum atomic E-state index is 6.13. The van der Waals surface area contributed by atoms with Crippen molar-refractivity contribution < 1.29 is 0 Å². The highest BCUT2D eigenvalue weighted by Gasteiger charge is 2.10. The van der Waals surface area contributed by atoms with Gasteiger partial charge < -0.3 is 0 Å². The van der Waals surface area contributed by atoms with Gasteiger partial charge in [-0.05, 0) is 24.3 Å². The van der Waals surface area contributed by atoms with E-state index in [9.17, 15) is 0 Å². The summed E-state index contributed by atoms with van der Waals surface area (Å²) in [5, 5.41) is 13.3. The van der Waals surface area contributed by atoms with Gasteiger partial charge in [-0.15, -0.1) is 10.2 Å². The Kier molecular flexibility index (Phi) is 2.68. The van der Waals surface area contributed by atoms with E-state index >= 15 is 0 Å². The summed E-state index contributed by atoms with van der Waals surface area (Å²) in [5.74, 6) is 1.24. The highest BCUT2D eigenvalue weighted by atomic mass is 35.5. The normalized spacial score (nSPS) is 11.1. The molecule has 0 radical (unpaired) electrons. The van der Waals surface area contributed by atoms with E-state index in [1.165, 1.54) is 0 Å². The molecular formula is C14H9ClN6. The van der Waals surface area contributed by atoms with E-state index in [0.29, 0.717) is 16.7 Å². The van der Waals surface area contributed by atoms with Crippen molar-refractivity contribution in [2.45, 2.75) is 0 Å². The van der Waals surface area contributed by atoms with Gasteiger partial charge in [0.05, 0.1) is 10.5 Å². The van der Waals surface area contributed by atoms with Crippen molar-refractivity contribution in [1.29, 1.82) is 0 Å². The Bertz CT molecular complexity index is 926. The Morgan fingerprint density at radius 1 is 1.00 bits per heavy atom. The Morgan fingerprint density at radius 2 is 1.90 bits per heavy atom. The number of hydrogen-bond donors (Lipinski definition) is 0. The smallest absolute Gasteiger partial charge is 0.177 e. The summed E-state index contributed by atoms with van der Waals surface area (Å²) < 4.78 is 3.30. The molecule has 0 N–H and O–H groups in total. The first kappa shape index (κ1) is 12.0. The van der Waals surface area contributed by atoms with Crippen LogP contribution in [0.5, 0.6) is 0 Å². The molecule has 7 heteroatoms. The molecule has 21 heavy (non-hydrogen) atoms. The lowest BCUT2D eigenvalue weighted by atomic mass is 10.3. The van der Waals surface area contributed by atoms with E-state index in [0.717, 1.165) is 11.0 Å². The Labute approximate surface area is 124 Å². The molecule has 4 aromatic rings. The van der Waals surface area contributed by atoms with Crippen LogP contribution in [-0.4, -0.2) is 29.8 Å². The molecule has 4 rings (SSSR count). The maximum absolute atomic E-state index is 6.13. The summed E-state index contributed by atoms with van der Waals surface area (Å²) in [4.78, 5) is 4.23. The zero-order chi connectivity index (χ0) is 14.2. The molecule has 3 aromatic heterocycles. The second-order valence-electron chi connectivity index (χ2n) is 4.42. The van der Waals surface area contributed by atoms with Crippen LogP contribution in [0.1, 0.15) is 0 Å². The lowest BCUT2D eigenvalue weighted by Gasteiger charge is -2.02. The van der Waals surface area contributed by atoms with Crippen molar-refractivity contribution in [3.8, 4) is 11.6 Å². The van der Waals surface area contributed by atoms with Crippen LogP contribution in [0.4, 0.5) is 0 Å². The van der Waals surface area contributed by atoms with Crippen LogP contribution >= 0.6 is 11.6 Å². The first-order chi connectivity index (χ1) is 10.3. The number of halogens is 1. The molecule has 0 saturated carbocycles. The van der Waals surface area contributed by atoms with E-state index in [4.69, 9.17) is 11.6 Å². The molecule has 0 unspecified atom stereocenters. The topological polar surface area (TPSA) is 61.4 Å². The molecule has 3 heterocycles. The monoisotopic (exact) mass is 296 g/mol. The van der Waals surface area contributed by atoms with Gasteiger partial charge >= 0.3 is 0 Å². The average molecular weight is 297 g/mol. The fourth-order valence-corrected chi connectivity index (χ4v) is 2.34. The van der Waals surface area contributed by atoms with E-state index in [1.807, 2.05) is 30.3 Å². The van der Waals surface area contributed by atoms with Crippen molar-refractivity contribution in [3.63, 3.8) is 0 Å². The summed E-state index contributed by atoms with van der Waals surface area (Å²) in [7, 11) is 0. The van der Waals surface area contributed by atoms with E-state index in [-0.39, 0.29) is 0 Å². The zero-order valence-electron chi connectivity index (χ0n) is 10.8. The minimum atomic E-state index is 0.538. The second kappa shape index (κ2) is 4.68. The minimum Gasteiger partial charge on any atom is -0.236 e. The van der Waals surface area contributed by atoms with Crippen LogP contribution in [0.15, 0.2) is 54.9 Å². The van der Waals surface area contributed by atoms with Gasteiger partial charge in [0, 0.05) is 18.5 Å². The number of benzene rings is 1. The van der Waals surface area contributed by atoms with Crippen molar-refractivity contribution in [2.24, 2.45) is 0 Å². The van der Waals surface area contributed by atoms with Crippen molar-refractivity contribution in [2.75, 3.05) is 0 Å². The molecule has 0 aliphatic rings. The highest BCUT2D eigenvalue weighted by molar-refractivity contribution is 6.32. The minimum absolute atomic E-state index is 0.538. The highest BCUT2D eigenvalue weighted by Crippen LogP contribution is 2.19. The lowest BCUT2D eigenvalue weighted by Crippen LogP contribution is -2.02. The number of para-hydroxylation sites is 1. The summed E-state index contributed by atoms with van der Waals surface area (Å²) in [6.07, 6.45) is 3.47. The first-order valence-corrected chi connectivity index (χ1v) is 6.68. The third-order valence-electron chi connectivity index (χ3n) is 3.10. The van der Waals surface area contributed by atoms with Gasteiger partial charge in [-0.3, -0.25) is 0 Å². The van der Waals surface area contributed by atoms with E-state index < -0.39 is 0 Å². The molecule has 0 atom stereocenters. The summed E-state index contributed by atoms with van der Waals surface area (Å²) in [6, 6.07) is 13.1. The van der Waals surface area contributed by atoms with Crippen molar-refractivity contribution in [3.05, 3.63) is 59.9 Å². The second-order valence-corrected chi connectivity index (χ2v) is 4.82. The fourth-order valence-electron chi connectivity index (χ4n) is 2.13.